The highest BCUT2D eigenvalue weighted by Gasteiger charge is 2.20. The number of hydrogen-bond acceptors (Lipinski definition) is 4. The molecule has 98 valence electrons. The topological polar surface area (TPSA) is 55.0 Å². The van der Waals surface area contributed by atoms with Gasteiger partial charge in [-0.2, -0.15) is 0 Å². The number of fused-ring (bicyclic) bond motifs is 1. The molecule has 0 bridgehead atoms. The van der Waals surface area contributed by atoms with Gasteiger partial charge < -0.3 is 10.6 Å². The van der Waals surface area contributed by atoms with Crippen molar-refractivity contribution >= 4 is 11.6 Å². The molecule has 0 saturated heterocycles. The summed E-state index contributed by atoms with van der Waals surface area (Å²) in [6.07, 6.45) is 1.90. The summed E-state index contributed by atoms with van der Waals surface area (Å²) in [5, 5.41) is 0. The van der Waals surface area contributed by atoms with E-state index in [4.69, 9.17) is 5.73 Å². The lowest BCUT2D eigenvalue weighted by molar-refractivity contribution is 0.801. The van der Waals surface area contributed by atoms with Crippen LogP contribution >= 0.6 is 0 Å². The zero-order valence-electron chi connectivity index (χ0n) is 11.1. The first-order valence-corrected chi connectivity index (χ1v) is 6.71. The van der Waals surface area contributed by atoms with Gasteiger partial charge in [-0.15, -0.1) is 0 Å². The van der Waals surface area contributed by atoms with Crippen molar-refractivity contribution in [3.8, 4) is 0 Å². The Kier molecular flexibility index (Phi) is 3.07. The smallest absolute Gasteiger partial charge is 0.135 e. The van der Waals surface area contributed by atoms with Crippen LogP contribution < -0.4 is 10.6 Å². The Morgan fingerprint density at radius 1 is 1.16 bits per heavy atom. The minimum atomic E-state index is 0.560. The maximum Gasteiger partial charge on any atom is 0.135 e. The van der Waals surface area contributed by atoms with E-state index in [2.05, 4.69) is 46.1 Å². The van der Waals surface area contributed by atoms with E-state index in [9.17, 15) is 0 Å². The normalized spacial score (nSPS) is 13.6. The first kappa shape index (κ1) is 12.0. The van der Waals surface area contributed by atoms with Crippen molar-refractivity contribution in [2.75, 3.05) is 10.6 Å². The van der Waals surface area contributed by atoms with Crippen LogP contribution in [-0.4, -0.2) is 9.97 Å². The number of aryl methyl sites for hydroxylation is 1. The van der Waals surface area contributed by atoms with E-state index in [1.165, 1.54) is 11.1 Å². The Labute approximate surface area is 113 Å². The summed E-state index contributed by atoms with van der Waals surface area (Å²) < 4.78 is 0. The van der Waals surface area contributed by atoms with Crippen LogP contribution in [0.4, 0.5) is 11.6 Å². The van der Waals surface area contributed by atoms with Gasteiger partial charge in [0.15, 0.2) is 0 Å². The molecule has 0 atom stereocenters. The molecule has 0 unspecified atom stereocenters. The maximum absolute atomic E-state index is 5.88. The number of nitrogens with two attached hydrogens (primary N) is 1. The summed E-state index contributed by atoms with van der Waals surface area (Å²) in [5.74, 6) is 2.34. The van der Waals surface area contributed by atoms with Crippen LogP contribution in [0.5, 0.6) is 0 Å². The molecular weight excluding hydrogens is 236 g/mol. The Morgan fingerprint density at radius 3 is 2.47 bits per heavy atom. The van der Waals surface area contributed by atoms with Crippen molar-refractivity contribution in [3.05, 3.63) is 47.3 Å². The molecule has 1 aliphatic rings. The summed E-state index contributed by atoms with van der Waals surface area (Å²) in [5.41, 5.74) is 8.63. The first-order valence-electron chi connectivity index (χ1n) is 6.71. The monoisotopic (exact) mass is 254 g/mol. The SMILES string of the molecule is CCCc1nc(N)cc(N2Cc3ccccc3C2)n1. The molecule has 3 rings (SSSR count). The van der Waals surface area contributed by atoms with Crippen LogP contribution in [0.2, 0.25) is 0 Å². The van der Waals surface area contributed by atoms with E-state index in [0.29, 0.717) is 5.82 Å². The van der Waals surface area contributed by atoms with Crippen LogP contribution in [0.25, 0.3) is 0 Å². The first-order chi connectivity index (χ1) is 9.26. The molecule has 1 aromatic carbocycles. The summed E-state index contributed by atoms with van der Waals surface area (Å²) in [7, 11) is 0. The highest BCUT2D eigenvalue weighted by molar-refractivity contribution is 5.51. The Hall–Kier alpha value is -2.10. The van der Waals surface area contributed by atoms with E-state index in [0.717, 1.165) is 37.6 Å². The second-order valence-electron chi connectivity index (χ2n) is 4.94. The minimum Gasteiger partial charge on any atom is -0.384 e. The molecule has 19 heavy (non-hydrogen) atoms. The van der Waals surface area contributed by atoms with E-state index >= 15 is 0 Å². The highest BCUT2D eigenvalue weighted by Crippen LogP contribution is 2.27. The maximum atomic E-state index is 5.88. The molecule has 1 aliphatic heterocycles. The average molecular weight is 254 g/mol. The molecule has 2 heterocycles. The number of anilines is 2. The molecule has 0 saturated carbocycles. The summed E-state index contributed by atoms with van der Waals surface area (Å²) in [6.45, 7) is 3.92. The molecule has 0 amide bonds. The van der Waals surface area contributed by atoms with Gasteiger partial charge in [0, 0.05) is 25.6 Å². The van der Waals surface area contributed by atoms with Gasteiger partial charge in [0.05, 0.1) is 0 Å². The molecule has 0 spiro atoms. The molecular formula is C15H18N4. The van der Waals surface area contributed by atoms with Crippen molar-refractivity contribution in [1.29, 1.82) is 0 Å². The summed E-state index contributed by atoms with van der Waals surface area (Å²) in [4.78, 5) is 11.2. The van der Waals surface area contributed by atoms with Crippen LogP contribution in [0.15, 0.2) is 30.3 Å². The molecule has 4 heteroatoms. The molecule has 4 nitrogen and oxygen atoms in total. The lowest BCUT2D eigenvalue weighted by atomic mass is 10.1. The predicted octanol–water partition coefficient (Wildman–Crippen LogP) is 2.53. The Bertz CT molecular complexity index is 569. The number of benzene rings is 1. The van der Waals surface area contributed by atoms with Crippen LogP contribution in [0.3, 0.4) is 0 Å². The van der Waals surface area contributed by atoms with Gasteiger partial charge in [0.2, 0.25) is 0 Å². The number of nitrogens with zero attached hydrogens (tertiary/aromatic N) is 3. The summed E-state index contributed by atoms with van der Waals surface area (Å²) in [6, 6.07) is 10.4. The van der Waals surface area contributed by atoms with Gasteiger partial charge >= 0.3 is 0 Å². The lowest BCUT2D eigenvalue weighted by Gasteiger charge is -2.17. The van der Waals surface area contributed by atoms with Crippen molar-refractivity contribution < 1.29 is 0 Å². The molecule has 1 aromatic heterocycles. The molecule has 2 aromatic rings. The quantitative estimate of drug-likeness (QED) is 0.914. The van der Waals surface area contributed by atoms with E-state index < -0.39 is 0 Å². The molecule has 2 N–H and O–H groups in total. The Morgan fingerprint density at radius 2 is 1.84 bits per heavy atom. The fourth-order valence-electron chi connectivity index (χ4n) is 2.50. The number of rotatable bonds is 3. The summed E-state index contributed by atoms with van der Waals surface area (Å²) >= 11 is 0. The van der Waals surface area contributed by atoms with E-state index in [1.807, 2.05) is 6.07 Å². The van der Waals surface area contributed by atoms with Gasteiger partial charge in [0.25, 0.3) is 0 Å². The fraction of sp³-hybridized carbons (Fsp3) is 0.333. The number of aromatic nitrogens is 2. The number of nitrogen functional groups attached to an aromatic ring is 1. The highest BCUT2D eigenvalue weighted by atomic mass is 15.2. The standard InChI is InChI=1S/C15H18N4/c1-2-5-14-17-13(16)8-15(18-14)19-9-11-6-3-4-7-12(11)10-19/h3-4,6-8H,2,5,9-10H2,1H3,(H2,16,17,18). The predicted molar refractivity (Wildman–Crippen MR) is 76.8 cm³/mol. The van der Waals surface area contributed by atoms with E-state index in [-0.39, 0.29) is 0 Å². The second-order valence-corrected chi connectivity index (χ2v) is 4.94. The number of hydrogen-bond donors (Lipinski definition) is 1. The van der Waals surface area contributed by atoms with Crippen LogP contribution in [-0.2, 0) is 19.5 Å². The average Bonchev–Trinajstić information content (AvgIpc) is 2.82. The van der Waals surface area contributed by atoms with Crippen molar-refractivity contribution in [1.82, 2.24) is 9.97 Å². The third kappa shape index (κ3) is 2.38. The van der Waals surface area contributed by atoms with E-state index in [1.54, 1.807) is 0 Å². The minimum absolute atomic E-state index is 0.560. The largest absolute Gasteiger partial charge is 0.384 e. The molecule has 0 fully saturated rings. The van der Waals surface area contributed by atoms with Gasteiger partial charge in [-0.05, 0) is 17.5 Å². The van der Waals surface area contributed by atoms with Gasteiger partial charge in [-0.25, -0.2) is 9.97 Å². The van der Waals surface area contributed by atoms with Gasteiger partial charge in [-0.1, -0.05) is 31.2 Å². The third-order valence-electron chi connectivity index (χ3n) is 3.42. The van der Waals surface area contributed by atoms with Crippen LogP contribution in [0, 0.1) is 0 Å². The van der Waals surface area contributed by atoms with Gasteiger partial charge in [0.1, 0.15) is 17.5 Å². The van der Waals surface area contributed by atoms with Crippen molar-refractivity contribution in [2.24, 2.45) is 0 Å². The van der Waals surface area contributed by atoms with Crippen molar-refractivity contribution in [2.45, 2.75) is 32.9 Å². The third-order valence-corrected chi connectivity index (χ3v) is 3.42. The second kappa shape index (κ2) is 4.88. The molecule has 0 radical (unpaired) electrons. The van der Waals surface area contributed by atoms with Gasteiger partial charge in [-0.3, -0.25) is 0 Å². The fourth-order valence-corrected chi connectivity index (χ4v) is 2.50. The lowest BCUT2D eigenvalue weighted by Crippen LogP contribution is -2.17. The van der Waals surface area contributed by atoms with Crippen molar-refractivity contribution in [3.63, 3.8) is 0 Å². The zero-order valence-corrected chi connectivity index (χ0v) is 11.1. The van der Waals surface area contributed by atoms with Crippen LogP contribution in [0.1, 0.15) is 30.3 Å². The molecule has 0 aliphatic carbocycles. The zero-order chi connectivity index (χ0) is 13.2. The Balaban J connectivity index is 1.88.